The molecule has 5 aliphatic carbocycles. The highest BCUT2D eigenvalue weighted by Crippen LogP contribution is 2.90. The summed E-state index contributed by atoms with van der Waals surface area (Å²) < 4.78 is 18.1. The van der Waals surface area contributed by atoms with Crippen molar-refractivity contribution in [2.45, 2.75) is 52.1 Å². The lowest BCUT2D eigenvalue weighted by atomic mass is 9.25. The molecule has 4 atom stereocenters. The Morgan fingerprint density at radius 2 is 1.59 bits per heavy atom. The second-order valence-electron chi connectivity index (χ2n) is 11.8. The number of benzene rings is 1. The Kier molecular flexibility index (Phi) is 5.25. The Morgan fingerprint density at radius 1 is 0.951 bits per heavy atom. The van der Waals surface area contributed by atoms with Crippen molar-refractivity contribution in [3.8, 4) is 5.75 Å². The van der Waals surface area contributed by atoms with Crippen LogP contribution in [0, 0.1) is 10.8 Å². The molecule has 0 saturated heterocycles. The maximum Gasteiger partial charge on any atom is 0.345 e. The number of allylic oxidation sites excluding steroid dienone is 12. The van der Waals surface area contributed by atoms with E-state index in [0.29, 0.717) is 12.2 Å². The summed E-state index contributed by atoms with van der Waals surface area (Å²) in [6.07, 6.45) is 8.91. The highest BCUT2D eigenvalue weighted by molar-refractivity contribution is 6.00. The minimum absolute atomic E-state index is 0.206. The normalized spacial score (nSPS) is 31.9. The van der Waals surface area contributed by atoms with Crippen LogP contribution in [0.4, 0.5) is 0 Å². The average molecular weight is 547 g/mol. The Balaban J connectivity index is 1.62. The van der Waals surface area contributed by atoms with Crippen molar-refractivity contribution in [3.05, 3.63) is 123 Å². The molecule has 0 radical (unpaired) electrons. The van der Waals surface area contributed by atoms with E-state index in [0.717, 1.165) is 39.0 Å². The van der Waals surface area contributed by atoms with Gasteiger partial charge in [0.05, 0.1) is 12.5 Å². The van der Waals surface area contributed by atoms with Gasteiger partial charge in [-0.05, 0) is 95.9 Å². The van der Waals surface area contributed by atoms with Crippen molar-refractivity contribution in [1.29, 1.82) is 0 Å². The number of ether oxygens (including phenoxy) is 3. The molecular formula is C36H34O5. The van der Waals surface area contributed by atoms with Gasteiger partial charge in [-0.1, -0.05) is 55.7 Å². The summed E-state index contributed by atoms with van der Waals surface area (Å²) in [7, 11) is 1.38. The quantitative estimate of drug-likeness (QED) is 0.211. The van der Waals surface area contributed by atoms with Crippen LogP contribution in [0.1, 0.15) is 52.0 Å². The van der Waals surface area contributed by atoms with Gasteiger partial charge in [0.1, 0.15) is 5.75 Å². The van der Waals surface area contributed by atoms with Gasteiger partial charge >= 0.3 is 11.9 Å². The number of esters is 2. The van der Waals surface area contributed by atoms with Crippen LogP contribution in [0.2, 0.25) is 0 Å². The second kappa shape index (κ2) is 8.29. The van der Waals surface area contributed by atoms with Crippen LogP contribution < -0.4 is 4.74 Å². The van der Waals surface area contributed by atoms with Crippen molar-refractivity contribution in [2.75, 3.05) is 13.7 Å². The Hall–Kier alpha value is -3.96. The van der Waals surface area contributed by atoms with Crippen molar-refractivity contribution in [1.82, 2.24) is 0 Å². The summed E-state index contributed by atoms with van der Waals surface area (Å²) in [4.78, 5) is 26.7. The molecule has 2 spiro atoms. The molecule has 0 N–H and O–H groups in total. The van der Waals surface area contributed by atoms with Crippen LogP contribution >= 0.6 is 0 Å². The van der Waals surface area contributed by atoms with E-state index < -0.39 is 16.4 Å². The maximum atomic E-state index is 14.7. The number of para-hydroxylation sites is 1. The van der Waals surface area contributed by atoms with Gasteiger partial charge in [0.15, 0.2) is 5.60 Å². The van der Waals surface area contributed by atoms with Crippen molar-refractivity contribution in [2.24, 2.45) is 10.8 Å². The fourth-order valence-corrected chi connectivity index (χ4v) is 9.53. The molecule has 1 aromatic rings. The Bertz CT molecular complexity index is 1720. The molecule has 41 heavy (non-hydrogen) atoms. The minimum atomic E-state index is -1.35. The lowest BCUT2D eigenvalue weighted by molar-refractivity contribution is -0.255. The van der Waals surface area contributed by atoms with E-state index in [9.17, 15) is 9.59 Å². The van der Waals surface area contributed by atoms with E-state index in [1.165, 1.54) is 29.4 Å². The zero-order chi connectivity index (χ0) is 29.1. The number of rotatable bonds is 7. The molecule has 0 aromatic heterocycles. The van der Waals surface area contributed by atoms with E-state index in [1.54, 1.807) is 0 Å². The summed E-state index contributed by atoms with van der Waals surface area (Å²) >= 11 is 0. The van der Waals surface area contributed by atoms with Gasteiger partial charge in [-0.3, -0.25) is 4.79 Å². The number of hydrogen-bond acceptors (Lipinski definition) is 5. The van der Waals surface area contributed by atoms with E-state index in [1.807, 2.05) is 30.4 Å². The first-order chi connectivity index (χ1) is 19.7. The zero-order valence-corrected chi connectivity index (χ0v) is 24.3. The predicted molar refractivity (Wildman–Crippen MR) is 157 cm³/mol. The van der Waals surface area contributed by atoms with E-state index in [4.69, 9.17) is 14.2 Å². The molecule has 4 unspecified atom stereocenters. The zero-order valence-electron chi connectivity index (χ0n) is 24.3. The topological polar surface area (TPSA) is 61.8 Å². The fraction of sp³-hybridized carbons (Fsp3) is 0.333. The van der Waals surface area contributed by atoms with Crippen molar-refractivity contribution >= 4 is 11.9 Å². The summed E-state index contributed by atoms with van der Waals surface area (Å²) in [6.45, 7) is 17.4. The lowest BCUT2D eigenvalue weighted by Gasteiger charge is -2.77. The standard InChI is InChI=1S/C36H34O5/c1-8-23-21(5)30-19(3)20(4)31-22(6)24(9-2)27-17-16-26(23)34(30)32-25-13-10-11-14-28(25)41-33(38)36(32,35(27,31)34)40-18-12-15-29(37)39-7/h8-11,13-14,16-17,32H,1-2,12,15,18H2,3-7H3. The molecule has 1 aromatic carbocycles. The third-order valence-corrected chi connectivity index (χ3v) is 10.7. The van der Waals surface area contributed by atoms with Crippen LogP contribution in [-0.4, -0.2) is 31.3 Å². The molecule has 1 saturated carbocycles. The second-order valence-corrected chi connectivity index (χ2v) is 11.8. The molecule has 1 heterocycles. The molecule has 6 aliphatic rings. The van der Waals surface area contributed by atoms with Gasteiger partial charge in [0.2, 0.25) is 0 Å². The number of carbonyl (C=O) groups excluding carboxylic acids is 2. The van der Waals surface area contributed by atoms with E-state index in [2.05, 4.69) is 59.1 Å². The molecule has 5 heteroatoms. The molecule has 7 rings (SSSR count). The van der Waals surface area contributed by atoms with Crippen molar-refractivity contribution in [3.63, 3.8) is 0 Å². The van der Waals surface area contributed by atoms with Crippen LogP contribution in [0.15, 0.2) is 117 Å². The maximum absolute atomic E-state index is 14.7. The van der Waals surface area contributed by atoms with Crippen molar-refractivity contribution < 1.29 is 23.8 Å². The van der Waals surface area contributed by atoms with Crippen LogP contribution in [0.25, 0.3) is 0 Å². The molecule has 1 aliphatic heterocycles. The molecule has 5 nitrogen and oxygen atoms in total. The van der Waals surface area contributed by atoms with Crippen LogP contribution in [-0.2, 0) is 19.1 Å². The van der Waals surface area contributed by atoms with Gasteiger partial charge < -0.3 is 14.2 Å². The van der Waals surface area contributed by atoms with E-state index >= 15 is 0 Å². The molecule has 208 valence electrons. The average Bonchev–Trinajstić information content (AvgIpc) is 3.39. The molecule has 0 bridgehead atoms. The number of hydrogen-bond donors (Lipinski definition) is 0. The first-order valence-electron chi connectivity index (χ1n) is 14.3. The van der Waals surface area contributed by atoms with Gasteiger partial charge in [-0.15, -0.1) is 0 Å². The lowest BCUT2D eigenvalue weighted by Crippen LogP contribution is -2.83. The van der Waals surface area contributed by atoms with Gasteiger partial charge in [0, 0.05) is 29.9 Å². The Labute approximate surface area is 240 Å². The first kappa shape index (κ1) is 26.0. The highest BCUT2D eigenvalue weighted by Gasteiger charge is 2.92. The predicted octanol–water partition coefficient (Wildman–Crippen LogP) is 6.93. The summed E-state index contributed by atoms with van der Waals surface area (Å²) in [5.41, 5.74) is 9.62. The summed E-state index contributed by atoms with van der Waals surface area (Å²) in [6, 6.07) is 7.86. The van der Waals surface area contributed by atoms with Crippen LogP contribution in [0.3, 0.4) is 0 Å². The third kappa shape index (κ3) is 2.47. The van der Waals surface area contributed by atoms with Crippen LogP contribution in [0.5, 0.6) is 5.75 Å². The minimum Gasteiger partial charge on any atom is -0.469 e. The Morgan fingerprint density at radius 3 is 2.29 bits per heavy atom. The first-order valence-corrected chi connectivity index (χ1v) is 14.3. The monoisotopic (exact) mass is 546 g/mol. The summed E-state index contributed by atoms with van der Waals surface area (Å²) in [5, 5.41) is 0. The SMILES string of the molecule is C=CC1=C2C=CC3=C(C=C)C(C)=C4C(C)=C(C)C(=C1C)C21C2c5ccccc5OC(=O)C2(OCCCC(=O)OC)C341. The largest absolute Gasteiger partial charge is 0.469 e. The smallest absolute Gasteiger partial charge is 0.345 e. The van der Waals surface area contributed by atoms with Gasteiger partial charge in [0.25, 0.3) is 0 Å². The highest BCUT2D eigenvalue weighted by atomic mass is 16.6. The number of methoxy groups -OCH3 is 1. The molecule has 1 fully saturated rings. The van der Waals surface area contributed by atoms with E-state index in [-0.39, 0.29) is 30.9 Å². The molecular weight excluding hydrogens is 512 g/mol. The van der Waals surface area contributed by atoms with Gasteiger partial charge in [-0.2, -0.15) is 0 Å². The number of carbonyl (C=O) groups is 2. The fourth-order valence-electron chi connectivity index (χ4n) is 9.53. The number of fused-ring (bicyclic) bond motifs is 3. The van der Waals surface area contributed by atoms with Gasteiger partial charge in [-0.25, -0.2) is 4.79 Å². The molecule has 0 amide bonds. The summed E-state index contributed by atoms with van der Waals surface area (Å²) in [5.74, 6) is -0.461. The third-order valence-electron chi connectivity index (χ3n) is 10.7.